The molecule has 130 valence electrons. The Morgan fingerprint density at radius 3 is 2.44 bits per heavy atom. The van der Waals surface area contributed by atoms with Gasteiger partial charge in [-0.3, -0.25) is 25.7 Å². The number of rotatable bonds is 8. The zero-order valence-electron chi connectivity index (χ0n) is 12.9. The molecule has 10 heteroatoms. The Kier molecular flexibility index (Phi) is 6.43. The first-order valence-corrected chi connectivity index (χ1v) is 8.05. The quantitative estimate of drug-likeness (QED) is 0.319. The van der Waals surface area contributed by atoms with Gasteiger partial charge in [-0.05, 0) is 18.2 Å². The summed E-state index contributed by atoms with van der Waals surface area (Å²) in [5, 5.41) is 34.5. The van der Waals surface area contributed by atoms with E-state index < -0.39 is 9.85 Å². The number of nitro groups is 2. The summed E-state index contributed by atoms with van der Waals surface area (Å²) >= 11 is 1.20. The minimum Gasteiger partial charge on any atom is -0.396 e. The van der Waals surface area contributed by atoms with Crippen LogP contribution >= 0.6 is 11.8 Å². The van der Waals surface area contributed by atoms with Crippen LogP contribution in [0.2, 0.25) is 0 Å². The third-order valence-electron chi connectivity index (χ3n) is 3.01. The largest absolute Gasteiger partial charge is 0.396 e. The van der Waals surface area contributed by atoms with E-state index in [1.807, 2.05) is 0 Å². The molecule has 0 fully saturated rings. The number of aliphatic hydroxyl groups excluding tert-OH is 1. The molecule has 2 aromatic rings. The molecule has 0 aromatic heterocycles. The Morgan fingerprint density at radius 2 is 1.84 bits per heavy atom. The summed E-state index contributed by atoms with van der Waals surface area (Å²) in [6.45, 7) is -0.0653. The van der Waals surface area contributed by atoms with Crippen LogP contribution in [0, 0.1) is 20.2 Å². The molecule has 9 nitrogen and oxygen atoms in total. The SMILES string of the molecule is O=[N+]([O-])c1ccc(N/N=C/c2ccc(SCCO)c([N+](=O)[O-])c2)cc1. The Balaban J connectivity index is 2.08. The van der Waals surface area contributed by atoms with Crippen molar-refractivity contribution < 1.29 is 15.0 Å². The van der Waals surface area contributed by atoms with Gasteiger partial charge in [-0.25, -0.2) is 0 Å². The predicted molar refractivity (Wildman–Crippen MR) is 95.2 cm³/mol. The molecule has 2 rings (SSSR count). The van der Waals surface area contributed by atoms with Crippen molar-refractivity contribution in [3.8, 4) is 0 Å². The zero-order chi connectivity index (χ0) is 18.2. The van der Waals surface area contributed by atoms with E-state index in [-0.39, 0.29) is 18.0 Å². The second kappa shape index (κ2) is 8.76. The normalized spacial score (nSPS) is 10.8. The zero-order valence-corrected chi connectivity index (χ0v) is 13.7. The number of anilines is 1. The number of aliphatic hydroxyl groups is 1. The van der Waals surface area contributed by atoms with Gasteiger partial charge in [-0.1, -0.05) is 6.07 Å². The summed E-state index contributed by atoms with van der Waals surface area (Å²) in [6, 6.07) is 10.4. The fourth-order valence-corrected chi connectivity index (χ4v) is 2.63. The molecule has 0 radical (unpaired) electrons. The maximum Gasteiger partial charge on any atom is 0.283 e. The minimum atomic E-state index is -0.497. The number of hydrazone groups is 1. The lowest BCUT2D eigenvalue weighted by atomic mass is 10.2. The molecule has 0 amide bonds. The average molecular weight is 362 g/mol. The third-order valence-corrected chi connectivity index (χ3v) is 4.06. The second-order valence-corrected chi connectivity index (χ2v) is 5.87. The summed E-state index contributed by atoms with van der Waals surface area (Å²) in [5.41, 5.74) is 3.68. The van der Waals surface area contributed by atoms with Gasteiger partial charge >= 0.3 is 0 Å². The highest BCUT2D eigenvalue weighted by atomic mass is 32.2. The van der Waals surface area contributed by atoms with Crippen molar-refractivity contribution in [1.82, 2.24) is 0 Å². The van der Waals surface area contributed by atoms with Gasteiger partial charge in [0, 0.05) is 29.5 Å². The van der Waals surface area contributed by atoms with Crippen LogP contribution in [0.25, 0.3) is 0 Å². The summed E-state index contributed by atoms with van der Waals surface area (Å²) in [7, 11) is 0. The molecule has 0 aliphatic carbocycles. The second-order valence-electron chi connectivity index (χ2n) is 4.73. The van der Waals surface area contributed by atoms with Gasteiger partial charge in [-0.2, -0.15) is 5.10 Å². The molecule has 0 unspecified atom stereocenters. The highest BCUT2D eigenvalue weighted by Crippen LogP contribution is 2.29. The number of nitrogens with one attached hydrogen (secondary N) is 1. The van der Waals surface area contributed by atoms with Gasteiger partial charge in [0.25, 0.3) is 11.4 Å². The first-order valence-electron chi connectivity index (χ1n) is 7.07. The number of nitrogens with zero attached hydrogens (tertiary/aromatic N) is 3. The Labute approximate surface area is 146 Å². The maximum atomic E-state index is 11.1. The molecule has 2 aromatic carbocycles. The Hall–Kier alpha value is -2.98. The van der Waals surface area contributed by atoms with Gasteiger partial charge in [-0.15, -0.1) is 11.8 Å². The molecule has 0 saturated carbocycles. The summed E-state index contributed by atoms with van der Waals surface area (Å²) < 4.78 is 0. The molecular weight excluding hydrogens is 348 g/mol. The fourth-order valence-electron chi connectivity index (χ4n) is 1.87. The minimum absolute atomic E-state index is 0.0267. The number of nitro benzene ring substituents is 2. The molecule has 0 atom stereocenters. The predicted octanol–water partition coefficient (Wildman–Crippen LogP) is 3.03. The number of hydrogen-bond acceptors (Lipinski definition) is 8. The first kappa shape index (κ1) is 18.4. The van der Waals surface area contributed by atoms with Crippen molar-refractivity contribution in [1.29, 1.82) is 0 Å². The van der Waals surface area contributed by atoms with Crippen molar-refractivity contribution in [3.05, 3.63) is 68.3 Å². The van der Waals surface area contributed by atoms with Crippen molar-refractivity contribution in [3.63, 3.8) is 0 Å². The molecular formula is C15H14N4O5S. The molecule has 0 bridgehead atoms. The van der Waals surface area contributed by atoms with Gasteiger partial charge < -0.3 is 5.11 Å². The highest BCUT2D eigenvalue weighted by molar-refractivity contribution is 7.99. The van der Waals surface area contributed by atoms with E-state index in [1.165, 1.54) is 48.3 Å². The van der Waals surface area contributed by atoms with Crippen LogP contribution in [-0.2, 0) is 0 Å². The summed E-state index contributed by atoms with van der Waals surface area (Å²) in [5.74, 6) is 0.371. The lowest BCUT2D eigenvalue weighted by molar-refractivity contribution is -0.387. The van der Waals surface area contributed by atoms with Gasteiger partial charge in [0.15, 0.2) is 0 Å². The van der Waals surface area contributed by atoms with Crippen LogP contribution in [0.15, 0.2) is 52.5 Å². The number of non-ortho nitro benzene ring substituents is 1. The molecule has 0 saturated heterocycles. The van der Waals surface area contributed by atoms with Crippen LogP contribution in [-0.4, -0.2) is 33.5 Å². The van der Waals surface area contributed by atoms with E-state index in [4.69, 9.17) is 5.11 Å². The Bertz CT molecular complexity index is 795. The highest BCUT2D eigenvalue weighted by Gasteiger charge is 2.14. The summed E-state index contributed by atoms with van der Waals surface area (Å²) in [6.07, 6.45) is 1.41. The van der Waals surface area contributed by atoms with E-state index in [2.05, 4.69) is 10.5 Å². The molecule has 25 heavy (non-hydrogen) atoms. The van der Waals surface area contributed by atoms with Crippen LogP contribution in [0.5, 0.6) is 0 Å². The van der Waals surface area contributed by atoms with E-state index in [1.54, 1.807) is 12.1 Å². The van der Waals surface area contributed by atoms with E-state index in [9.17, 15) is 20.2 Å². The standard InChI is InChI=1S/C15H14N4O5S/c20-7-8-25-15-6-1-11(9-14(15)19(23)24)10-16-17-12-2-4-13(5-3-12)18(21)22/h1-6,9-10,17,20H,7-8H2/b16-10+. The first-order chi connectivity index (χ1) is 12.0. The molecule has 0 spiro atoms. The molecule has 0 heterocycles. The third kappa shape index (κ3) is 5.26. The van der Waals surface area contributed by atoms with E-state index in [0.717, 1.165) is 0 Å². The van der Waals surface area contributed by atoms with Crippen LogP contribution in [0.4, 0.5) is 17.1 Å². The van der Waals surface area contributed by atoms with Crippen molar-refractivity contribution in [2.75, 3.05) is 17.8 Å². The van der Waals surface area contributed by atoms with Gasteiger partial charge in [0.1, 0.15) is 0 Å². The van der Waals surface area contributed by atoms with Crippen LogP contribution in [0.3, 0.4) is 0 Å². The number of thioether (sulfide) groups is 1. The fraction of sp³-hybridized carbons (Fsp3) is 0.133. The molecule has 0 aliphatic heterocycles. The number of benzene rings is 2. The molecule has 2 N–H and O–H groups in total. The monoisotopic (exact) mass is 362 g/mol. The van der Waals surface area contributed by atoms with Crippen LogP contribution < -0.4 is 5.43 Å². The van der Waals surface area contributed by atoms with Gasteiger partial charge in [0.2, 0.25) is 0 Å². The molecule has 0 aliphatic rings. The van der Waals surface area contributed by atoms with Crippen molar-refractivity contribution >= 4 is 35.0 Å². The average Bonchev–Trinajstić information content (AvgIpc) is 2.60. The van der Waals surface area contributed by atoms with Crippen molar-refractivity contribution in [2.45, 2.75) is 4.90 Å². The van der Waals surface area contributed by atoms with E-state index >= 15 is 0 Å². The smallest absolute Gasteiger partial charge is 0.283 e. The van der Waals surface area contributed by atoms with Gasteiger partial charge in [0.05, 0.1) is 33.3 Å². The van der Waals surface area contributed by atoms with Crippen LogP contribution in [0.1, 0.15) is 5.56 Å². The Morgan fingerprint density at radius 1 is 1.12 bits per heavy atom. The summed E-state index contributed by atoms with van der Waals surface area (Å²) in [4.78, 5) is 21.2. The topological polar surface area (TPSA) is 131 Å². The lowest BCUT2D eigenvalue weighted by Crippen LogP contribution is -1.96. The van der Waals surface area contributed by atoms with E-state index in [0.29, 0.717) is 21.9 Å². The lowest BCUT2D eigenvalue weighted by Gasteiger charge is -2.03. The maximum absolute atomic E-state index is 11.1. The van der Waals surface area contributed by atoms with Crippen molar-refractivity contribution in [2.24, 2.45) is 5.10 Å². The number of hydrogen-bond donors (Lipinski definition) is 2.